The summed E-state index contributed by atoms with van der Waals surface area (Å²) in [5.74, 6) is -0.0749. The largest absolute Gasteiger partial charge is 0.394 e. The molecule has 2 atom stereocenters. The van der Waals surface area contributed by atoms with Gasteiger partial charge in [0.1, 0.15) is 0 Å². The van der Waals surface area contributed by atoms with Gasteiger partial charge in [0, 0.05) is 6.42 Å². The minimum atomic E-state index is -0.864. The van der Waals surface area contributed by atoms with Gasteiger partial charge in [0.2, 0.25) is 5.91 Å². The van der Waals surface area contributed by atoms with Crippen molar-refractivity contribution < 1.29 is 15.0 Å². The Morgan fingerprint density at radius 2 is 0.789 bits per heavy atom. The van der Waals surface area contributed by atoms with Crippen LogP contribution in [0.1, 0.15) is 239 Å². The molecule has 0 saturated heterocycles. The summed E-state index contributed by atoms with van der Waals surface area (Å²) in [6, 6.07) is -0.641. The van der Waals surface area contributed by atoms with E-state index in [1.54, 1.807) is 6.08 Å². The first-order valence-corrected chi connectivity index (χ1v) is 24.7. The van der Waals surface area contributed by atoms with Gasteiger partial charge in [-0.25, -0.2) is 0 Å². The highest BCUT2D eigenvalue weighted by Crippen LogP contribution is 2.15. The van der Waals surface area contributed by atoms with Gasteiger partial charge in [-0.15, -0.1) is 0 Å². The van der Waals surface area contributed by atoms with Crippen LogP contribution in [-0.2, 0) is 4.79 Å². The zero-order chi connectivity index (χ0) is 41.4. The van der Waals surface area contributed by atoms with Crippen LogP contribution < -0.4 is 5.32 Å². The molecule has 0 heterocycles. The molecule has 0 radical (unpaired) electrons. The van der Waals surface area contributed by atoms with Crippen molar-refractivity contribution in [2.24, 2.45) is 0 Å². The van der Waals surface area contributed by atoms with Crippen molar-refractivity contribution in [3.8, 4) is 0 Å². The van der Waals surface area contributed by atoms with Crippen LogP contribution in [0.25, 0.3) is 0 Å². The first kappa shape index (κ1) is 54.8. The van der Waals surface area contributed by atoms with Crippen LogP contribution in [0, 0.1) is 0 Å². The van der Waals surface area contributed by atoms with Gasteiger partial charge >= 0.3 is 0 Å². The summed E-state index contributed by atoms with van der Waals surface area (Å²) in [5.41, 5.74) is 0. The highest BCUT2D eigenvalue weighted by atomic mass is 16.3. The SMILES string of the molecule is CC/C=C\C/C=C\C/C=C\C/C=C\CCCCCCCCCCCCCCCCCCC(=O)NC(CO)C(O)/C=C/CC/C=C/CCCCCCCCCCCC. The van der Waals surface area contributed by atoms with Crippen molar-refractivity contribution in [1.82, 2.24) is 5.32 Å². The summed E-state index contributed by atoms with van der Waals surface area (Å²) in [4.78, 5) is 12.4. The Bertz CT molecular complexity index is 992. The van der Waals surface area contributed by atoms with Gasteiger partial charge in [-0.1, -0.05) is 234 Å². The molecule has 4 nitrogen and oxygen atoms in total. The van der Waals surface area contributed by atoms with Gasteiger partial charge in [-0.05, 0) is 70.6 Å². The quantitative estimate of drug-likeness (QED) is 0.0425. The van der Waals surface area contributed by atoms with E-state index in [2.05, 4.69) is 79.9 Å². The Hall–Kier alpha value is -2.17. The van der Waals surface area contributed by atoms with Crippen molar-refractivity contribution in [2.45, 2.75) is 251 Å². The molecule has 0 aromatic heterocycles. The predicted octanol–water partition coefficient (Wildman–Crippen LogP) is 15.9. The maximum absolute atomic E-state index is 12.4. The fraction of sp³-hybridized carbons (Fsp3) is 0.755. The molecule has 1 amide bonds. The summed E-state index contributed by atoms with van der Waals surface area (Å²) in [7, 11) is 0. The highest BCUT2D eigenvalue weighted by molar-refractivity contribution is 5.76. The Kier molecular flexibility index (Phi) is 46.4. The minimum Gasteiger partial charge on any atom is -0.394 e. The van der Waals surface area contributed by atoms with E-state index in [4.69, 9.17) is 0 Å². The summed E-state index contributed by atoms with van der Waals surface area (Å²) in [6.45, 7) is 4.19. The lowest BCUT2D eigenvalue weighted by Crippen LogP contribution is -2.45. The number of unbranched alkanes of at least 4 members (excludes halogenated alkanes) is 27. The van der Waals surface area contributed by atoms with E-state index >= 15 is 0 Å². The minimum absolute atomic E-state index is 0.0749. The standard InChI is InChI=1S/C53H95NO3/c1-3-5-7-9-11-13-15-17-19-21-22-23-24-25-26-27-28-29-30-31-32-33-35-37-39-41-43-45-47-49-53(57)54-51(50-55)52(56)48-46-44-42-40-38-36-34-20-18-16-14-12-10-8-6-4-2/h5,7,11,13,17,19,22-23,38,40,46,48,51-52,55-56H,3-4,6,8-10,12,14-16,18,20-21,24-37,39,41-45,47,49-50H2,1-2H3,(H,54,57)/b7-5-,13-11-,19-17-,23-22-,40-38+,48-46+. The molecule has 0 rings (SSSR count). The molecule has 2 unspecified atom stereocenters. The molecule has 57 heavy (non-hydrogen) atoms. The lowest BCUT2D eigenvalue weighted by molar-refractivity contribution is -0.123. The zero-order valence-corrected chi connectivity index (χ0v) is 37.8. The van der Waals surface area contributed by atoms with Gasteiger partial charge in [0.05, 0.1) is 18.8 Å². The predicted molar refractivity (Wildman–Crippen MR) is 253 cm³/mol. The van der Waals surface area contributed by atoms with E-state index in [0.717, 1.165) is 57.8 Å². The Labute approximate surface area is 355 Å². The summed E-state index contributed by atoms with van der Waals surface area (Å²) in [6.07, 6.45) is 68.9. The second-order valence-corrected chi connectivity index (χ2v) is 16.5. The third kappa shape index (κ3) is 44.8. The molecule has 0 fully saturated rings. The first-order chi connectivity index (χ1) is 28.2. The number of allylic oxidation sites excluding steroid dienone is 11. The van der Waals surface area contributed by atoms with E-state index in [0.29, 0.717) is 6.42 Å². The van der Waals surface area contributed by atoms with Gasteiger partial charge in [0.25, 0.3) is 0 Å². The van der Waals surface area contributed by atoms with Gasteiger partial charge < -0.3 is 15.5 Å². The first-order valence-electron chi connectivity index (χ1n) is 24.7. The van der Waals surface area contributed by atoms with Crippen LogP contribution in [0.2, 0.25) is 0 Å². The second-order valence-electron chi connectivity index (χ2n) is 16.5. The number of carbonyl (C=O) groups excluding carboxylic acids is 1. The van der Waals surface area contributed by atoms with Crippen molar-refractivity contribution in [3.05, 3.63) is 72.9 Å². The second kappa shape index (κ2) is 48.2. The van der Waals surface area contributed by atoms with Crippen LogP contribution in [0.4, 0.5) is 0 Å². The molecule has 0 aromatic carbocycles. The van der Waals surface area contributed by atoms with E-state index in [1.165, 1.54) is 161 Å². The molecule has 0 aromatic rings. The lowest BCUT2D eigenvalue weighted by atomic mass is 10.0. The van der Waals surface area contributed by atoms with Crippen LogP contribution in [0.3, 0.4) is 0 Å². The number of nitrogens with one attached hydrogen (secondary N) is 1. The number of carbonyl (C=O) groups is 1. The normalized spacial score (nSPS) is 13.5. The number of hydrogen-bond donors (Lipinski definition) is 3. The fourth-order valence-corrected chi connectivity index (χ4v) is 7.19. The third-order valence-electron chi connectivity index (χ3n) is 10.9. The van der Waals surface area contributed by atoms with Crippen LogP contribution >= 0.6 is 0 Å². The number of aliphatic hydroxyl groups excluding tert-OH is 2. The van der Waals surface area contributed by atoms with Crippen molar-refractivity contribution in [1.29, 1.82) is 0 Å². The molecule has 330 valence electrons. The average molecular weight is 794 g/mol. The third-order valence-corrected chi connectivity index (χ3v) is 10.9. The molecule has 0 aliphatic rings. The van der Waals surface area contributed by atoms with Crippen LogP contribution in [-0.4, -0.2) is 34.9 Å². The van der Waals surface area contributed by atoms with E-state index in [9.17, 15) is 15.0 Å². The van der Waals surface area contributed by atoms with E-state index < -0.39 is 12.1 Å². The molecule has 0 aliphatic heterocycles. The summed E-state index contributed by atoms with van der Waals surface area (Å²) in [5, 5.41) is 23.0. The molecule has 0 spiro atoms. The molecule has 3 N–H and O–H groups in total. The molecular formula is C53H95NO3. The Morgan fingerprint density at radius 3 is 1.23 bits per heavy atom. The van der Waals surface area contributed by atoms with Gasteiger partial charge in [0.15, 0.2) is 0 Å². The molecule has 0 saturated carbocycles. The Balaban J connectivity index is 3.54. The monoisotopic (exact) mass is 794 g/mol. The average Bonchev–Trinajstić information content (AvgIpc) is 3.22. The number of aliphatic hydroxyl groups is 2. The van der Waals surface area contributed by atoms with Gasteiger partial charge in [-0.2, -0.15) is 0 Å². The van der Waals surface area contributed by atoms with Crippen molar-refractivity contribution in [2.75, 3.05) is 6.61 Å². The zero-order valence-electron chi connectivity index (χ0n) is 37.8. The Morgan fingerprint density at radius 1 is 0.439 bits per heavy atom. The van der Waals surface area contributed by atoms with Gasteiger partial charge in [-0.3, -0.25) is 4.79 Å². The summed E-state index contributed by atoms with van der Waals surface area (Å²) < 4.78 is 0. The van der Waals surface area contributed by atoms with E-state index in [1.807, 2.05) is 6.08 Å². The molecule has 0 bridgehead atoms. The number of amides is 1. The molecule has 0 aliphatic carbocycles. The number of rotatable bonds is 44. The van der Waals surface area contributed by atoms with E-state index in [-0.39, 0.29) is 12.5 Å². The molecular weight excluding hydrogens is 699 g/mol. The van der Waals surface area contributed by atoms with Crippen molar-refractivity contribution >= 4 is 5.91 Å². The molecule has 4 heteroatoms. The maximum atomic E-state index is 12.4. The van der Waals surface area contributed by atoms with Crippen LogP contribution in [0.15, 0.2) is 72.9 Å². The van der Waals surface area contributed by atoms with Crippen molar-refractivity contribution in [3.63, 3.8) is 0 Å². The highest BCUT2D eigenvalue weighted by Gasteiger charge is 2.17. The topological polar surface area (TPSA) is 69.6 Å². The number of hydrogen-bond acceptors (Lipinski definition) is 3. The maximum Gasteiger partial charge on any atom is 0.220 e. The lowest BCUT2D eigenvalue weighted by Gasteiger charge is -2.19. The van der Waals surface area contributed by atoms with Crippen LogP contribution in [0.5, 0.6) is 0 Å². The summed E-state index contributed by atoms with van der Waals surface area (Å²) >= 11 is 0. The smallest absolute Gasteiger partial charge is 0.220 e. The fourth-order valence-electron chi connectivity index (χ4n) is 7.19.